The van der Waals surface area contributed by atoms with E-state index in [0.29, 0.717) is 23.9 Å². The third kappa shape index (κ3) is 2.72. The molecule has 0 saturated carbocycles. The molecule has 0 unspecified atom stereocenters. The summed E-state index contributed by atoms with van der Waals surface area (Å²) in [5.74, 6) is -0.355. The van der Waals surface area contributed by atoms with Crippen molar-refractivity contribution in [3.63, 3.8) is 0 Å². The number of ether oxygens (including phenoxy) is 1. The van der Waals surface area contributed by atoms with E-state index in [1.807, 2.05) is 7.05 Å². The average Bonchev–Trinajstić information content (AvgIpc) is 2.74. The van der Waals surface area contributed by atoms with Crippen LogP contribution in [-0.2, 0) is 17.9 Å². The Morgan fingerprint density at radius 2 is 2.33 bits per heavy atom. The van der Waals surface area contributed by atoms with Gasteiger partial charge in [0.25, 0.3) is 0 Å². The van der Waals surface area contributed by atoms with Crippen LogP contribution in [0.4, 0.5) is 4.39 Å². The second kappa shape index (κ2) is 5.99. The maximum absolute atomic E-state index is 13.6. The van der Waals surface area contributed by atoms with Crippen LogP contribution in [0.3, 0.4) is 0 Å². The Morgan fingerprint density at radius 3 is 3.00 bits per heavy atom. The van der Waals surface area contributed by atoms with E-state index in [2.05, 4.69) is 15.3 Å². The summed E-state index contributed by atoms with van der Waals surface area (Å²) < 4.78 is 18.7. The van der Waals surface area contributed by atoms with Gasteiger partial charge in [-0.15, -0.1) is 11.3 Å². The van der Waals surface area contributed by atoms with E-state index < -0.39 is 0 Å². The molecular formula is C12H14FN3OS. The first-order valence-electron chi connectivity index (χ1n) is 5.49. The summed E-state index contributed by atoms with van der Waals surface area (Å²) in [5, 5.41) is 3.65. The molecule has 0 amide bonds. The fourth-order valence-corrected chi connectivity index (χ4v) is 2.65. The van der Waals surface area contributed by atoms with Crippen molar-refractivity contribution in [3.8, 4) is 10.7 Å². The largest absolute Gasteiger partial charge is 0.378 e. The van der Waals surface area contributed by atoms with Gasteiger partial charge in [0.1, 0.15) is 10.7 Å². The predicted molar refractivity (Wildman–Crippen MR) is 68.8 cm³/mol. The van der Waals surface area contributed by atoms with Crippen molar-refractivity contribution in [3.05, 3.63) is 34.7 Å². The van der Waals surface area contributed by atoms with Gasteiger partial charge in [0, 0.05) is 24.7 Å². The zero-order valence-electron chi connectivity index (χ0n) is 10.2. The molecule has 0 spiro atoms. The third-order valence-electron chi connectivity index (χ3n) is 2.36. The first-order valence-corrected chi connectivity index (χ1v) is 6.31. The average molecular weight is 267 g/mol. The number of thiazole rings is 1. The highest BCUT2D eigenvalue weighted by Crippen LogP contribution is 2.28. The van der Waals surface area contributed by atoms with Crippen molar-refractivity contribution < 1.29 is 9.13 Å². The zero-order chi connectivity index (χ0) is 13.0. The molecule has 2 aromatic rings. The minimum Gasteiger partial charge on any atom is -0.378 e. The fraction of sp³-hybridized carbons (Fsp3) is 0.333. The molecule has 0 radical (unpaired) electrons. The van der Waals surface area contributed by atoms with Gasteiger partial charge in [-0.3, -0.25) is 4.98 Å². The smallest absolute Gasteiger partial charge is 0.151 e. The SMILES string of the molecule is CNCc1sc(-c2ncccc2F)nc1COC. The highest BCUT2D eigenvalue weighted by atomic mass is 32.1. The van der Waals surface area contributed by atoms with Crippen molar-refractivity contribution in [2.45, 2.75) is 13.2 Å². The standard InChI is InChI=1S/C12H14FN3OS/c1-14-6-10-9(7-17-2)16-12(18-10)11-8(13)4-3-5-15-11/h3-5,14H,6-7H2,1-2H3. The van der Waals surface area contributed by atoms with Crippen LogP contribution >= 0.6 is 11.3 Å². The molecule has 2 heterocycles. The molecule has 0 bridgehead atoms. The third-order valence-corrected chi connectivity index (χ3v) is 3.46. The second-order valence-corrected chi connectivity index (χ2v) is 4.77. The number of halogens is 1. The lowest BCUT2D eigenvalue weighted by atomic mass is 10.3. The van der Waals surface area contributed by atoms with E-state index in [-0.39, 0.29) is 5.82 Å². The molecule has 0 aliphatic carbocycles. The number of pyridine rings is 1. The molecule has 0 atom stereocenters. The van der Waals surface area contributed by atoms with E-state index in [1.165, 1.54) is 17.4 Å². The molecule has 0 aromatic carbocycles. The van der Waals surface area contributed by atoms with Crippen LogP contribution in [-0.4, -0.2) is 24.1 Å². The first-order chi connectivity index (χ1) is 8.76. The summed E-state index contributed by atoms with van der Waals surface area (Å²) >= 11 is 1.44. The lowest BCUT2D eigenvalue weighted by Crippen LogP contribution is -2.06. The Bertz CT molecular complexity index is 506. The van der Waals surface area contributed by atoms with Crippen LogP contribution in [0.5, 0.6) is 0 Å². The lowest BCUT2D eigenvalue weighted by Gasteiger charge is -1.98. The van der Waals surface area contributed by atoms with Gasteiger partial charge < -0.3 is 10.1 Å². The number of rotatable bonds is 5. The summed E-state index contributed by atoms with van der Waals surface area (Å²) in [6.45, 7) is 1.10. The molecule has 0 aliphatic rings. The molecule has 2 rings (SSSR count). The monoisotopic (exact) mass is 267 g/mol. The summed E-state index contributed by atoms with van der Waals surface area (Å²) in [4.78, 5) is 9.48. The van der Waals surface area contributed by atoms with Gasteiger partial charge in [-0.1, -0.05) is 0 Å². The van der Waals surface area contributed by atoms with E-state index in [1.54, 1.807) is 19.4 Å². The van der Waals surface area contributed by atoms with Crippen molar-refractivity contribution >= 4 is 11.3 Å². The summed E-state index contributed by atoms with van der Waals surface area (Å²) in [7, 11) is 3.47. The van der Waals surface area contributed by atoms with Crippen molar-refractivity contribution in [2.24, 2.45) is 0 Å². The summed E-state index contributed by atoms with van der Waals surface area (Å²) in [6, 6.07) is 2.95. The highest BCUT2D eigenvalue weighted by Gasteiger charge is 2.15. The van der Waals surface area contributed by atoms with E-state index in [0.717, 1.165) is 10.6 Å². The molecule has 0 aliphatic heterocycles. The van der Waals surface area contributed by atoms with Crippen LogP contribution in [0.2, 0.25) is 0 Å². The van der Waals surface area contributed by atoms with Crippen LogP contribution in [0.1, 0.15) is 10.6 Å². The van der Waals surface area contributed by atoms with Crippen LogP contribution < -0.4 is 5.32 Å². The minimum absolute atomic E-state index is 0.294. The van der Waals surface area contributed by atoms with Gasteiger partial charge in [0.2, 0.25) is 0 Å². The Morgan fingerprint density at radius 1 is 1.50 bits per heavy atom. The highest BCUT2D eigenvalue weighted by molar-refractivity contribution is 7.15. The number of nitrogens with zero attached hydrogens (tertiary/aromatic N) is 2. The molecule has 4 nitrogen and oxygen atoms in total. The number of aromatic nitrogens is 2. The van der Waals surface area contributed by atoms with Crippen molar-refractivity contribution in [1.29, 1.82) is 0 Å². The van der Waals surface area contributed by atoms with Crippen LogP contribution in [0.15, 0.2) is 18.3 Å². The molecular weight excluding hydrogens is 253 g/mol. The predicted octanol–water partition coefficient (Wildman–Crippen LogP) is 2.21. The molecule has 2 aromatic heterocycles. The van der Waals surface area contributed by atoms with Gasteiger partial charge in [0.15, 0.2) is 5.82 Å². The maximum atomic E-state index is 13.6. The van der Waals surface area contributed by atoms with E-state index in [4.69, 9.17) is 4.74 Å². The molecule has 18 heavy (non-hydrogen) atoms. The van der Waals surface area contributed by atoms with E-state index in [9.17, 15) is 4.39 Å². The Hall–Kier alpha value is -1.37. The number of methoxy groups -OCH3 is 1. The molecule has 1 N–H and O–H groups in total. The quantitative estimate of drug-likeness (QED) is 0.902. The Balaban J connectivity index is 2.40. The summed E-state index contributed by atoms with van der Waals surface area (Å²) in [5.41, 5.74) is 1.12. The van der Waals surface area contributed by atoms with Crippen LogP contribution in [0, 0.1) is 5.82 Å². The molecule has 96 valence electrons. The second-order valence-electron chi connectivity index (χ2n) is 3.69. The van der Waals surface area contributed by atoms with Gasteiger partial charge in [0.05, 0.1) is 12.3 Å². The normalized spacial score (nSPS) is 10.8. The Labute approximate surface area is 109 Å². The van der Waals surface area contributed by atoms with Crippen LogP contribution in [0.25, 0.3) is 10.7 Å². The van der Waals surface area contributed by atoms with Crippen molar-refractivity contribution in [2.75, 3.05) is 14.2 Å². The molecule has 6 heteroatoms. The van der Waals surface area contributed by atoms with E-state index >= 15 is 0 Å². The van der Waals surface area contributed by atoms with Crippen molar-refractivity contribution in [1.82, 2.24) is 15.3 Å². The summed E-state index contributed by atoms with van der Waals surface area (Å²) in [6.07, 6.45) is 1.56. The van der Waals surface area contributed by atoms with Gasteiger partial charge in [-0.2, -0.15) is 0 Å². The van der Waals surface area contributed by atoms with Gasteiger partial charge in [-0.25, -0.2) is 9.37 Å². The number of hydrogen-bond donors (Lipinski definition) is 1. The topological polar surface area (TPSA) is 47.0 Å². The van der Waals surface area contributed by atoms with Gasteiger partial charge in [-0.05, 0) is 19.2 Å². The molecule has 0 saturated heterocycles. The fourth-order valence-electron chi connectivity index (χ4n) is 1.58. The maximum Gasteiger partial charge on any atom is 0.151 e. The number of nitrogens with one attached hydrogen (secondary N) is 1. The Kier molecular flexibility index (Phi) is 4.35. The number of hydrogen-bond acceptors (Lipinski definition) is 5. The lowest BCUT2D eigenvalue weighted by molar-refractivity contribution is 0.181. The van der Waals surface area contributed by atoms with Gasteiger partial charge >= 0.3 is 0 Å². The molecule has 0 fully saturated rings. The zero-order valence-corrected chi connectivity index (χ0v) is 11.1. The minimum atomic E-state index is -0.355. The first kappa shape index (κ1) is 13.1.